The molecular weight excluding hydrogens is 269 g/mol. The summed E-state index contributed by atoms with van der Waals surface area (Å²) in [5, 5.41) is 3.87. The van der Waals surface area contributed by atoms with Gasteiger partial charge >= 0.3 is 0 Å². The largest absolute Gasteiger partial charge is 0.496 e. The second-order valence-electron chi connectivity index (χ2n) is 4.85. The molecule has 0 atom stereocenters. The normalized spacial score (nSPS) is 11.0. The highest BCUT2D eigenvalue weighted by atomic mass is 19.1. The molecule has 0 saturated carbocycles. The maximum absolute atomic E-state index is 13.2. The van der Waals surface area contributed by atoms with Gasteiger partial charge < -0.3 is 14.5 Å². The Labute approximate surface area is 122 Å². The van der Waals surface area contributed by atoms with Crippen molar-refractivity contribution in [2.75, 3.05) is 14.2 Å². The van der Waals surface area contributed by atoms with Crippen LogP contribution in [0.4, 0.5) is 4.39 Å². The van der Waals surface area contributed by atoms with E-state index >= 15 is 0 Å². The van der Waals surface area contributed by atoms with Crippen LogP contribution in [0.15, 0.2) is 46.9 Å². The monoisotopic (exact) mass is 285 g/mol. The molecule has 1 N–H and O–H groups in total. The highest BCUT2D eigenvalue weighted by Gasteiger charge is 2.10. The number of ether oxygens (including phenoxy) is 1. The predicted octanol–water partition coefficient (Wildman–Crippen LogP) is 3.97. The maximum atomic E-state index is 13.2. The topological polar surface area (TPSA) is 34.4 Å². The van der Waals surface area contributed by atoms with E-state index in [4.69, 9.17) is 9.15 Å². The molecule has 0 radical (unpaired) electrons. The molecule has 0 aliphatic rings. The Kier molecular flexibility index (Phi) is 3.62. The lowest BCUT2D eigenvalue weighted by Crippen LogP contribution is -2.06. The fourth-order valence-electron chi connectivity index (χ4n) is 2.42. The molecule has 4 heteroatoms. The lowest BCUT2D eigenvalue weighted by molar-refractivity contribution is 0.408. The molecule has 1 aromatic heterocycles. The lowest BCUT2D eigenvalue weighted by Gasteiger charge is -2.09. The van der Waals surface area contributed by atoms with Crippen LogP contribution in [0.1, 0.15) is 5.56 Å². The van der Waals surface area contributed by atoms with Crippen molar-refractivity contribution in [2.24, 2.45) is 0 Å². The minimum Gasteiger partial charge on any atom is -0.496 e. The number of benzene rings is 2. The first kappa shape index (κ1) is 13.6. The standard InChI is InChI=1S/C17H16FNO2/c1-19-10-13-7-11(3-5-15(13)20-2)17-9-12-8-14(18)4-6-16(12)21-17/h3-9,19H,10H2,1-2H3. The summed E-state index contributed by atoms with van der Waals surface area (Å²) in [5.41, 5.74) is 2.67. The van der Waals surface area contributed by atoms with Crippen LogP contribution in [0.25, 0.3) is 22.3 Å². The summed E-state index contributed by atoms with van der Waals surface area (Å²) in [6, 6.07) is 12.2. The molecule has 2 aromatic carbocycles. The number of furan rings is 1. The van der Waals surface area contributed by atoms with Gasteiger partial charge in [-0.25, -0.2) is 4.39 Å². The summed E-state index contributed by atoms with van der Waals surface area (Å²) >= 11 is 0. The smallest absolute Gasteiger partial charge is 0.135 e. The number of halogens is 1. The van der Waals surface area contributed by atoms with Gasteiger partial charge in [-0.1, -0.05) is 0 Å². The van der Waals surface area contributed by atoms with Crippen LogP contribution in [0.5, 0.6) is 5.75 Å². The van der Waals surface area contributed by atoms with E-state index in [0.29, 0.717) is 12.1 Å². The molecule has 0 saturated heterocycles. The summed E-state index contributed by atoms with van der Waals surface area (Å²) in [7, 11) is 3.54. The van der Waals surface area contributed by atoms with Gasteiger partial charge in [0.2, 0.25) is 0 Å². The average Bonchev–Trinajstić information content (AvgIpc) is 2.90. The van der Waals surface area contributed by atoms with Crippen LogP contribution < -0.4 is 10.1 Å². The Morgan fingerprint density at radius 2 is 2.00 bits per heavy atom. The highest BCUT2D eigenvalue weighted by Crippen LogP contribution is 2.31. The zero-order valence-electron chi connectivity index (χ0n) is 11.9. The average molecular weight is 285 g/mol. The Morgan fingerprint density at radius 3 is 2.76 bits per heavy atom. The first-order valence-corrected chi connectivity index (χ1v) is 6.72. The van der Waals surface area contributed by atoms with Crippen molar-refractivity contribution >= 4 is 11.0 Å². The Morgan fingerprint density at radius 1 is 1.14 bits per heavy atom. The van der Waals surface area contributed by atoms with Crippen molar-refractivity contribution in [3.05, 3.63) is 53.8 Å². The minimum absolute atomic E-state index is 0.263. The van der Waals surface area contributed by atoms with E-state index in [0.717, 1.165) is 28.0 Å². The number of nitrogens with one attached hydrogen (secondary N) is 1. The third-order valence-corrected chi connectivity index (χ3v) is 3.41. The summed E-state index contributed by atoms with van der Waals surface area (Å²) in [5.74, 6) is 1.28. The Balaban J connectivity index is 2.07. The van der Waals surface area contributed by atoms with Gasteiger partial charge in [0, 0.05) is 23.1 Å². The van der Waals surface area contributed by atoms with Gasteiger partial charge in [0.25, 0.3) is 0 Å². The van der Waals surface area contributed by atoms with Gasteiger partial charge in [-0.15, -0.1) is 0 Å². The molecule has 108 valence electrons. The van der Waals surface area contributed by atoms with Crippen molar-refractivity contribution in [2.45, 2.75) is 6.54 Å². The van der Waals surface area contributed by atoms with Crippen molar-refractivity contribution in [1.29, 1.82) is 0 Å². The molecule has 3 aromatic rings. The van der Waals surface area contributed by atoms with E-state index in [-0.39, 0.29) is 5.82 Å². The number of methoxy groups -OCH3 is 1. The summed E-state index contributed by atoms with van der Waals surface area (Å²) in [6.07, 6.45) is 0. The molecule has 3 rings (SSSR count). The Bertz CT molecular complexity index is 780. The van der Waals surface area contributed by atoms with Crippen molar-refractivity contribution in [3.8, 4) is 17.1 Å². The zero-order valence-corrected chi connectivity index (χ0v) is 11.9. The zero-order chi connectivity index (χ0) is 14.8. The summed E-state index contributed by atoms with van der Waals surface area (Å²) < 4.78 is 24.4. The fraction of sp³-hybridized carbons (Fsp3) is 0.176. The van der Waals surface area contributed by atoms with Crippen molar-refractivity contribution in [1.82, 2.24) is 5.32 Å². The minimum atomic E-state index is -0.263. The van der Waals surface area contributed by atoms with E-state index in [2.05, 4.69) is 5.32 Å². The number of hydrogen-bond acceptors (Lipinski definition) is 3. The Hall–Kier alpha value is -2.33. The van der Waals surface area contributed by atoms with Gasteiger partial charge in [0.1, 0.15) is 22.9 Å². The molecule has 0 unspecified atom stereocenters. The van der Waals surface area contributed by atoms with Crippen molar-refractivity contribution in [3.63, 3.8) is 0 Å². The van der Waals surface area contributed by atoms with E-state index < -0.39 is 0 Å². The summed E-state index contributed by atoms with van der Waals surface area (Å²) in [4.78, 5) is 0. The molecule has 0 spiro atoms. The molecule has 21 heavy (non-hydrogen) atoms. The van der Waals surface area contributed by atoms with Crippen LogP contribution in [-0.2, 0) is 6.54 Å². The molecule has 0 aliphatic heterocycles. The molecule has 0 aliphatic carbocycles. The summed E-state index contributed by atoms with van der Waals surface area (Å²) in [6.45, 7) is 0.700. The van der Waals surface area contributed by atoms with Gasteiger partial charge in [0.15, 0.2) is 0 Å². The lowest BCUT2D eigenvalue weighted by atomic mass is 10.1. The van der Waals surface area contributed by atoms with E-state index in [1.165, 1.54) is 12.1 Å². The third kappa shape index (κ3) is 2.62. The predicted molar refractivity (Wildman–Crippen MR) is 80.9 cm³/mol. The van der Waals surface area contributed by atoms with Crippen LogP contribution >= 0.6 is 0 Å². The van der Waals surface area contributed by atoms with Crippen LogP contribution in [-0.4, -0.2) is 14.2 Å². The van der Waals surface area contributed by atoms with Crippen LogP contribution in [0, 0.1) is 5.82 Å². The van der Waals surface area contributed by atoms with Crippen LogP contribution in [0.2, 0.25) is 0 Å². The first-order chi connectivity index (χ1) is 10.2. The molecular formula is C17H16FNO2. The number of hydrogen-bond donors (Lipinski definition) is 1. The van der Waals surface area contributed by atoms with E-state index in [1.807, 2.05) is 31.3 Å². The molecule has 3 nitrogen and oxygen atoms in total. The second-order valence-corrected chi connectivity index (χ2v) is 4.85. The van der Waals surface area contributed by atoms with Gasteiger partial charge in [-0.2, -0.15) is 0 Å². The maximum Gasteiger partial charge on any atom is 0.135 e. The third-order valence-electron chi connectivity index (χ3n) is 3.41. The van der Waals surface area contributed by atoms with E-state index in [1.54, 1.807) is 13.2 Å². The van der Waals surface area contributed by atoms with Gasteiger partial charge in [0.05, 0.1) is 7.11 Å². The van der Waals surface area contributed by atoms with E-state index in [9.17, 15) is 4.39 Å². The molecule has 1 heterocycles. The molecule has 0 fully saturated rings. The van der Waals surface area contributed by atoms with Gasteiger partial charge in [-0.05, 0) is 49.5 Å². The van der Waals surface area contributed by atoms with Gasteiger partial charge in [-0.3, -0.25) is 0 Å². The second kappa shape index (κ2) is 5.58. The highest BCUT2D eigenvalue weighted by molar-refractivity contribution is 5.83. The molecule has 0 bridgehead atoms. The number of fused-ring (bicyclic) bond motifs is 1. The SMILES string of the molecule is CNCc1cc(-c2cc3cc(F)ccc3o2)ccc1OC. The fourth-order valence-corrected chi connectivity index (χ4v) is 2.42. The van der Waals surface area contributed by atoms with Crippen LogP contribution in [0.3, 0.4) is 0 Å². The quantitative estimate of drug-likeness (QED) is 0.787. The van der Waals surface area contributed by atoms with Crippen molar-refractivity contribution < 1.29 is 13.5 Å². The molecule has 0 amide bonds. The first-order valence-electron chi connectivity index (χ1n) is 6.72. The number of rotatable bonds is 4.